The molecule has 1 aliphatic rings. The topological polar surface area (TPSA) is 28.7 Å². The van der Waals surface area contributed by atoms with Crippen molar-refractivity contribution in [3.05, 3.63) is 89.5 Å². The van der Waals surface area contributed by atoms with Crippen molar-refractivity contribution in [3.8, 4) is 22.5 Å². The van der Waals surface area contributed by atoms with Gasteiger partial charge in [0.15, 0.2) is 0 Å². The van der Waals surface area contributed by atoms with Crippen LogP contribution in [0.1, 0.15) is 23.1 Å². The van der Waals surface area contributed by atoms with Crippen LogP contribution in [0.25, 0.3) is 44.3 Å². The number of benzene rings is 3. The Bertz CT molecular complexity index is 1380. The number of nitrogens with one attached hydrogen (secondary N) is 1. The van der Waals surface area contributed by atoms with Crippen molar-refractivity contribution in [1.29, 1.82) is 0 Å². The summed E-state index contributed by atoms with van der Waals surface area (Å²) in [5.41, 5.74) is 11.3. The molecule has 6 rings (SSSR count). The Morgan fingerprint density at radius 1 is 0.793 bits per heavy atom. The molecule has 1 aliphatic carbocycles. The molecule has 0 unspecified atom stereocenters. The highest BCUT2D eigenvalue weighted by atomic mass is 14.8. The summed E-state index contributed by atoms with van der Waals surface area (Å²) < 4.78 is 0. The molecule has 0 spiro atoms. The maximum Gasteiger partial charge on any atom is 0.0913 e. The summed E-state index contributed by atoms with van der Waals surface area (Å²) in [4.78, 5) is 8.91. The number of aromatic amines is 1. The van der Waals surface area contributed by atoms with Gasteiger partial charge in [-0.05, 0) is 66.6 Å². The predicted molar refractivity (Wildman–Crippen MR) is 121 cm³/mol. The first-order valence-electron chi connectivity index (χ1n) is 10.4. The summed E-state index contributed by atoms with van der Waals surface area (Å²) in [6.45, 7) is 2.17. The average molecular weight is 374 g/mol. The highest BCUT2D eigenvalue weighted by Gasteiger charge is 2.24. The van der Waals surface area contributed by atoms with E-state index in [9.17, 15) is 0 Å². The molecule has 0 saturated heterocycles. The van der Waals surface area contributed by atoms with E-state index in [2.05, 4.69) is 84.7 Å². The first kappa shape index (κ1) is 16.6. The summed E-state index contributed by atoms with van der Waals surface area (Å²) in [5, 5.41) is 2.59. The first-order valence-corrected chi connectivity index (χ1v) is 10.4. The molecule has 0 aliphatic heterocycles. The lowest BCUT2D eigenvalue weighted by atomic mass is 9.92. The van der Waals surface area contributed by atoms with Crippen molar-refractivity contribution in [2.75, 3.05) is 0 Å². The van der Waals surface area contributed by atoms with Gasteiger partial charge in [-0.2, -0.15) is 0 Å². The molecular weight excluding hydrogens is 352 g/mol. The highest BCUT2D eigenvalue weighted by molar-refractivity contribution is 6.01. The lowest BCUT2D eigenvalue weighted by molar-refractivity contribution is 0.839. The second-order valence-corrected chi connectivity index (χ2v) is 8.08. The fourth-order valence-corrected chi connectivity index (χ4v) is 4.90. The molecule has 2 heterocycles. The number of H-pyrrole nitrogens is 1. The van der Waals surface area contributed by atoms with E-state index < -0.39 is 0 Å². The van der Waals surface area contributed by atoms with Crippen LogP contribution in [0.15, 0.2) is 72.8 Å². The van der Waals surface area contributed by atoms with Crippen molar-refractivity contribution in [2.24, 2.45) is 0 Å². The Hall–Kier alpha value is -3.39. The average Bonchev–Trinajstić information content (AvgIpc) is 3.01. The lowest BCUT2D eigenvalue weighted by Crippen LogP contribution is -1.98. The van der Waals surface area contributed by atoms with Crippen LogP contribution < -0.4 is 0 Å². The highest BCUT2D eigenvalue weighted by Crippen LogP contribution is 2.42. The normalized spacial score (nSPS) is 13.3. The van der Waals surface area contributed by atoms with Crippen LogP contribution in [-0.2, 0) is 12.8 Å². The largest absolute Gasteiger partial charge is 0.353 e. The number of hydrogen-bond acceptors (Lipinski definition) is 1. The molecule has 3 aromatic carbocycles. The molecule has 0 fully saturated rings. The summed E-state index contributed by atoms with van der Waals surface area (Å²) in [5.74, 6) is 0. The zero-order chi connectivity index (χ0) is 19.4. The quantitative estimate of drug-likeness (QED) is 0.341. The molecule has 0 saturated carbocycles. The molecule has 0 amide bonds. The third-order valence-corrected chi connectivity index (χ3v) is 6.21. The van der Waals surface area contributed by atoms with Crippen molar-refractivity contribution in [2.45, 2.75) is 26.2 Å². The van der Waals surface area contributed by atoms with E-state index in [1.54, 1.807) is 0 Å². The van der Waals surface area contributed by atoms with Gasteiger partial charge in [0, 0.05) is 16.3 Å². The van der Waals surface area contributed by atoms with Gasteiger partial charge in [-0.3, -0.25) is 0 Å². The fraction of sp³-hybridized carbons (Fsp3) is 0.148. The van der Waals surface area contributed by atoms with E-state index in [0.717, 1.165) is 30.5 Å². The van der Waals surface area contributed by atoms with Crippen molar-refractivity contribution in [1.82, 2.24) is 9.97 Å². The minimum atomic E-state index is 1.05. The first-order chi connectivity index (χ1) is 14.3. The van der Waals surface area contributed by atoms with Crippen LogP contribution in [0, 0.1) is 6.92 Å². The minimum absolute atomic E-state index is 1.05. The zero-order valence-electron chi connectivity index (χ0n) is 16.5. The molecular formula is C27H22N2. The summed E-state index contributed by atoms with van der Waals surface area (Å²) in [6, 6.07) is 26.1. The maximum absolute atomic E-state index is 5.19. The van der Waals surface area contributed by atoms with Crippen molar-refractivity contribution >= 4 is 21.8 Å². The smallest absolute Gasteiger partial charge is 0.0913 e. The molecule has 1 N–H and O–H groups in total. The lowest BCUT2D eigenvalue weighted by Gasteiger charge is -2.16. The van der Waals surface area contributed by atoms with Gasteiger partial charge in [-0.1, -0.05) is 60.2 Å². The van der Waals surface area contributed by atoms with E-state index in [1.807, 2.05) is 0 Å². The molecule has 0 bridgehead atoms. The minimum Gasteiger partial charge on any atom is -0.353 e. The van der Waals surface area contributed by atoms with Crippen LogP contribution >= 0.6 is 0 Å². The Kier molecular flexibility index (Phi) is 3.60. The second-order valence-electron chi connectivity index (χ2n) is 8.08. The van der Waals surface area contributed by atoms with E-state index >= 15 is 0 Å². The molecule has 2 heteroatoms. The maximum atomic E-state index is 5.19. The Morgan fingerprint density at radius 2 is 1.59 bits per heavy atom. The summed E-state index contributed by atoms with van der Waals surface area (Å²) >= 11 is 0. The van der Waals surface area contributed by atoms with Gasteiger partial charge in [0.25, 0.3) is 0 Å². The SMILES string of the molecule is Cc1ccc2[nH]c3c(c2c1)CCCc1c-3nc2ccccc2c1-c1ccccc1. The molecule has 5 aromatic rings. The molecule has 2 aromatic heterocycles. The van der Waals surface area contributed by atoms with Gasteiger partial charge < -0.3 is 4.98 Å². The molecule has 29 heavy (non-hydrogen) atoms. The Labute approximate surface area is 170 Å². The monoisotopic (exact) mass is 374 g/mol. The van der Waals surface area contributed by atoms with Crippen LogP contribution in [0.4, 0.5) is 0 Å². The number of fused-ring (bicyclic) bond motifs is 6. The van der Waals surface area contributed by atoms with E-state index in [1.165, 1.54) is 49.8 Å². The third kappa shape index (κ3) is 2.52. The standard InChI is InChI=1S/C27H22N2/c1-17-14-15-24-22(16-17)19-11-7-12-21-25(18-8-3-2-4-9-18)20-10-5-6-13-23(20)28-27(21)26(19)29-24/h2-6,8-10,13-16,29H,7,11-12H2,1H3. The van der Waals surface area contributed by atoms with Crippen molar-refractivity contribution < 1.29 is 0 Å². The number of para-hydroxylation sites is 1. The zero-order valence-corrected chi connectivity index (χ0v) is 16.5. The van der Waals surface area contributed by atoms with Gasteiger partial charge in [0.05, 0.1) is 16.9 Å². The second kappa shape index (κ2) is 6.31. The number of aryl methyl sites for hydroxylation is 2. The Balaban J connectivity index is 1.74. The summed E-state index contributed by atoms with van der Waals surface area (Å²) in [7, 11) is 0. The molecule has 2 nitrogen and oxygen atoms in total. The van der Waals surface area contributed by atoms with Gasteiger partial charge >= 0.3 is 0 Å². The Morgan fingerprint density at radius 3 is 2.48 bits per heavy atom. The van der Waals surface area contributed by atoms with E-state index in [4.69, 9.17) is 4.98 Å². The van der Waals surface area contributed by atoms with Crippen LogP contribution in [0.5, 0.6) is 0 Å². The van der Waals surface area contributed by atoms with Crippen LogP contribution in [0.3, 0.4) is 0 Å². The van der Waals surface area contributed by atoms with Gasteiger partial charge in [0.2, 0.25) is 0 Å². The molecule has 0 radical (unpaired) electrons. The van der Waals surface area contributed by atoms with Crippen molar-refractivity contribution in [3.63, 3.8) is 0 Å². The third-order valence-electron chi connectivity index (χ3n) is 6.21. The predicted octanol–water partition coefficient (Wildman–Crippen LogP) is 6.85. The van der Waals surface area contributed by atoms with Crippen LogP contribution in [0.2, 0.25) is 0 Å². The molecule has 0 atom stereocenters. The number of hydrogen-bond donors (Lipinski definition) is 1. The number of pyridine rings is 1. The van der Waals surface area contributed by atoms with Gasteiger partial charge in [-0.15, -0.1) is 0 Å². The van der Waals surface area contributed by atoms with Crippen LogP contribution in [-0.4, -0.2) is 9.97 Å². The number of nitrogens with zero attached hydrogens (tertiary/aromatic N) is 1. The van der Waals surface area contributed by atoms with Gasteiger partial charge in [-0.25, -0.2) is 4.98 Å². The number of aromatic nitrogens is 2. The van der Waals surface area contributed by atoms with E-state index in [0.29, 0.717) is 0 Å². The van der Waals surface area contributed by atoms with Gasteiger partial charge in [0.1, 0.15) is 0 Å². The molecule has 140 valence electrons. The fourth-order valence-electron chi connectivity index (χ4n) is 4.90. The van der Waals surface area contributed by atoms with E-state index in [-0.39, 0.29) is 0 Å². The summed E-state index contributed by atoms with van der Waals surface area (Å²) in [6.07, 6.45) is 3.27. The number of rotatable bonds is 1.